The quantitative estimate of drug-likeness (QED) is 0.860. The van der Waals surface area contributed by atoms with Crippen molar-refractivity contribution in [3.63, 3.8) is 0 Å². The van der Waals surface area contributed by atoms with Crippen LogP contribution in [-0.2, 0) is 6.61 Å². The standard InChI is InChI=1S/C16H10ClFN2O4/c17-9-2-1-3-10(18)13(9)12-8(5-19)16(20)24-14-11(22)4-7(6-21)23-15(12)14/h1-4,12,21H,6,20H2/t12-/m0/s1. The highest BCUT2D eigenvalue weighted by Gasteiger charge is 2.37. The number of hydrogen-bond acceptors (Lipinski definition) is 6. The molecule has 2 heterocycles. The largest absolute Gasteiger partial charge is 0.458 e. The van der Waals surface area contributed by atoms with E-state index < -0.39 is 23.8 Å². The Balaban J connectivity index is 2.38. The van der Waals surface area contributed by atoms with Crippen LogP contribution in [-0.4, -0.2) is 5.11 Å². The summed E-state index contributed by atoms with van der Waals surface area (Å²) in [5.41, 5.74) is 4.88. The zero-order chi connectivity index (χ0) is 17.4. The fourth-order valence-electron chi connectivity index (χ4n) is 2.54. The summed E-state index contributed by atoms with van der Waals surface area (Å²) >= 11 is 6.09. The summed E-state index contributed by atoms with van der Waals surface area (Å²) in [6.07, 6.45) is 0. The van der Waals surface area contributed by atoms with Crippen LogP contribution in [0.4, 0.5) is 4.39 Å². The summed E-state index contributed by atoms with van der Waals surface area (Å²) in [4.78, 5) is 12.1. The van der Waals surface area contributed by atoms with E-state index in [0.717, 1.165) is 12.1 Å². The van der Waals surface area contributed by atoms with E-state index in [2.05, 4.69) is 0 Å². The van der Waals surface area contributed by atoms with Gasteiger partial charge in [0.05, 0.1) is 5.92 Å². The van der Waals surface area contributed by atoms with Gasteiger partial charge in [-0.3, -0.25) is 4.79 Å². The zero-order valence-corrected chi connectivity index (χ0v) is 12.8. The maximum Gasteiger partial charge on any atom is 0.228 e. The van der Waals surface area contributed by atoms with Crippen molar-refractivity contribution >= 4 is 11.6 Å². The predicted molar refractivity (Wildman–Crippen MR) is 81.6 cm³/mol. The lowest BCUT2D eigenvalue weighted by molar-refractivity contribution is 0.231. The number of fused-ring (bicyclic) bond motifs is 1. The third-order valence-electron chi connectivity index (χ3n) is 3.57. The second kappa shape index (κ2) is 6.00. The van der Waals surface area contributed by atoms with E-state index in [4.69, 9.17) is 26.5 Å². The number of aliphatic hydroxyl groups is 1. The van der Waals surface area contributed by atoms with Gasteiger partial charge in [0.1, 0.15) is 29.8 Å². The summed E-state index contributed by atoms with van der Waals surface area (Å²) in [6, 6.07) is 6.87. The van der Waals surface area contributed by atoms with E-state index in [-0.39, 0.29) is 39.3 Å². The van der Waals surface area contributed by atoms with Crippen molar-refractivity contribution < 1.29 is 18.7 Å². The number of nitriles is 1. The van der Waals surface area contributed by atoms with Crippen molar-refractivity contribution in [2.75, 3.05) is 0 Å². The van der Waals surface area contributed by atoms with Crippen LogP contribution in [0.5, 0.6) is 5.75 Å². The van der Waals surface area contributed by atoms with Gasteiger partial charge in [-0.05, 0) is 12.1 Å². The highest BCUT2D eigenvalue weighted by atomic mass is 35.5. The van der Waals surface area contributed by atoms with Crippen molar-refractivity contribution in [2.45, 2.75) is 12.5 Å². The molecular formula is C16H10ClFN2O4. The molecule has 0 unspecified atom stereocenters. The molecule has 6 nitrogen and oxygen atoms in total. The molecule has 3 N–H and O–H groups in total. The lowest BCUT2D eigenvalue weighted by Crippen LogP contribution is -2.26. The van der Waals surface area contributed by atoms with Gasteiger partial charge >= 0.3 is 0 Å². The fourth-order valence-corrected chi connectivity index (χ4v) is 2.81. The first-order valence-electron chi connectivity index (χ1n) is 6.77. The summed E-state index contributed by atoms with van der Waals surface area (Å²) in [5, 5.41) is 18.7. The maximum absolute atomic E-state index is 14.4. The molecule has 0 bridgehead atoms. The maximum atomic E-state index is 14.4. The molecule has 0 spiro atoms. The number of nitrogens with zero attached hydrogens (tertiary/aromatic N) is 1. The van der Waals surface area contributed by atoms with Gasteiger partial charge in [-0.2, -0.15) is 5.26 Å². The Hall–Kier alpha value is -2.82. The summed E-state index contributed by atoms with van der Waals surface area (Å²) in [6.45, 7) is -0.554. The van der Waals surface area contributed by atoms with E-state index in [1.165, 1.54) is 12.1 Å². The van der Waals surface area contributed by atoms with Crippen LogP contribution in [0, 0.1) is 17.1 Å². The van der Waals surface area contributed by atoms with Crippen LogP contribution in [0.25, 0.3) is 0 Å². The SMILES string of the molecule is N#CC1=C(N)Oc2c(oc(CO)cc2=O)[C@@H]1c1c(F)cccc1Cl. The van der Waals surface area contributed by atoms with Gasteiger partial charge in [0.15, 0.2) is 5.76 Å². The fraction of sp³-hybridized carbons (Fsp3) is 0.125. The van der Waals surface area contributed by atoms with E-state index >= 15 is 0 Å². The van der Waals surface area contributed by atoms with Crippen LogP contribution in [0.15, 0.2) is 44.9 Å². The Kier molecular flexibility index (Phi) is 4.01. The van der Waals surface area contributed by atoms with Crippen molar-refractivity contribution in [1.82, 2.24) is 0 Å². The Labute approximate surface area is 140 Å². The smallest absolute Gasteiger partial charge is 0.228 e. The minimum absolute atomic E-state index is 0.0328. The first-order chi connectivity index (χ1) is 11.5. The van der Waals surface area contributed by atoms with Gasteiger partial charge in [-0.25, -0.2) is 4.39 Å². The second-order valence-electron chi connectivity index (χ2n) is 4.99. The first-order valence-corrected chi connectivity index (χ1v) is 7.15. The highest BCUT2D eigenvalue weighted by Crippen LogP contribution is 2.43. The average molecular weight is 349 g/mol. The number of nitrogens with two attached hydrogens (primary N) is 1. The molecule has 3 rings (SSSR count). The molecule has 0 radical (unpaired) electrons. The third kappa shape index (κ3) is 2.42. The molecule has 1 atom stereocenters. The van der Waals surface area contributed by atoms with Crippen molar-refractivity contribution in [3.8, 4) is 11.8 Å². The van der Waals surface area contributed by atoms with E-state index in [1.807, 2.05) is 6.07 Å². The van der Waals surface area contributed by atoms with Crippen LogP contribution < -0.4 is 15.9 Å². The molecule has 0 fully saturated rings. The number of hydrogen-bond donors (Lipinski definition) is 2. The van der Waals surface area contributed by atoms with Crippen LogP contribution in [0.3, 0.4) is 0 Å². The lowest BCUT2D eigenvalue weighted by atomic mass is 9.87. The molecule has 2 aromatic rings. The monoisotopic (exact) mass is 348 g/mol. The molecule has 1 aliphatic heterocycles. The van der Waals surface area contributed by atoms with Crippen molar-refractivity contribution in [2.24, 2.45) is 5.73 Å². The first kappa shape index (κ1) is 16.1. The second-order valence-corrected chi connectivity index (χ2v) is 5.40. The minimum atomic E-state index is -1.16. The Morgan fingerprint density at radius 2 is 2.21 bits per heavy atom. The third-order valence-corrected chi connectivity index (χ3v) is 3.90. The summed E-state index contributed by atoms with van der Waals surface area (Å²) in [7, 11) is 0. The van der Waals surface area contributed by atoms with Gasteiger partial charge in [-0.1, -0.05) is 17.7 Å². The molecule has 1 aromatic carbocycles. The lowest BCUT2D eigenvalue weighted by Gasteiger charge is -2.25. The number of halogens is 2. The zero-order valence-electron chi connectivity index (χ0n) is 12.0. The molecule has 24 heavy (non-hydrogen) atoms. The molecule has 0 aliphatic carbocycles. The van der Waals surface area contributed by atoms with Crippen molar-refractivity contribution in [1.29, 1.82) is 5.26 Å². The Bertz CT molecular complexity index is 941. The van der Waals surface area contributed by atoms with Gasteiger partial charge < -0.3 is 20.0 Å². The van der Waals surface area contributed by atoms with Crippen molar-refractivity contribution in [3.05, 3.63) is 73.9 Å². The summed E-state index contributed by atoms with van der Waals surface area (Å²) in [5.74, 6) is -2.65. The highest BCUT2D eigenvalue weighted by molar-refractivity contribution is 6.31. The van der Waals surface area contributed by atoms with E-state index in [0.29, 0.717) is 0 Å². The molecule has 1 aromatic heterocycles. The predicted octanol–water partition coefficient (Wildman–Crippen LogP) is 2.14. The van der Waals surface area contributed by atoms with Gasteiger partial charge in [-0.15, -0.1) is 0 Å². The number of allylic oxidation sites excluding steroid dienone is 1. The number of ether oxygens (including phenoxy) is 1. The number of aliphatic hydroxyl groups excluding tert-OH is 1. The summed E-state index contributed by atoms with van der Waals surface area (Å²) < 4.78 is 25.0. The van der Waals surface area contributed by atoms with Gasteiger partial charge in [0.25, 0.3) is 0 Å². The Morgan fingerprint density at radius 1 is 1.46 bits per heavy atom. The molecule has 1 aliphatic rings. The van der Waals surface area contributed by atoms with Gasteiger partial charge in [0.2, 0.25) is 17.1 Å². The molecule has 8 heteroatoms. The van der Waals surface area contributed by atoms with Crippen LogP contribution in [0.1, 0.15) is 23.0 Å². The number of rotatable bonds is 2. The molecule has 0 saturated heterocycles. The van der Waals surface area contributed by atoms with E-state index in [1.54, 1.807) is 0 Å². The molecule has 0 amide bonds. The molecular weight excluding hydrogens is 339 g/mol. The molecule has 122 valence electrons. The average Bonchev–Trinajstić information content (AvgIpc) is 2.55. The van der Waals surface area contributed by atoms with Crippen LogP contribution in [0.2, 0.25) is 5.02 Å². The van der Waals surface area contributed by atoms with Crippen LogP contribution >= 0.6 is 11.6 Å². The Morgan fingerprint density at radius 3 is 2.83 bits per heavy atom. The normalized spacial score (nSPS) is 16.3. The van der Waals surface area contributed by atoms with E-state index in [9.17, 15) is 19.6 Å². The topological polar surface area (TPSA) is 109 Å². The van der Waals surface area contributed by atoms with Gasteiger partial charge in [0, 0.05) is 16.7 Å². The minimum Gasteiger partial charge on any atom is -0.458 e. The molecule has 0 saturated carbocycles. The number of benzene rings is 1.